The van der Waals surface area contributed by atoms with E-state index in [1.807, 2.05) is 0 Å². The number of halogens is 2. The van der Waals surface area contributed by atoms with E-state index in [0.29, 0.717) is 6.42 Å². The summed E-state index contributed by atoms with van der Waals surface area (Å²) in [6.45, 7) is 1.56. The van der Waals surface area contributed by atoms with Crippen LogP contribution in [0.5, 0.6) is 0 Å². The molecule has 2 unspecified atom stereocenters. The molecule has 0 radical (unpaired) electrons. The van der Waals surface area contributed by atoms with Crippen LogP contribution in [0.15, 0.2) is 0 Å². The molecule has 1 N–H and O–H groups in total. The summed E-state index contributed by atoms with van der Waals surface area (Å²) in [4.78, 5) is 10.3. The van der Waals surface area contributed by atoms with E-state index in [0.717, 1.165) is 0 Å². The second-order valence-electron chi connectivity index (χ2n) is 3.09. The number of carboxylic acid groups (broad SMARTS) is 1. The maximum absolute atomic E-state index is 12.7. The predicted molar refractivity (Wildman–Crippen MR) is 34.5 cm³/mol. The van der Waals surface area contributed by atoms with Crippen molar-refractivity contribution in [1.82, 2.24) is 0 Å². The minimum atomic E-state index is -2.99. The van der Waals surface area contributed by atoms with Gasteiger partial charge in [-0.15, -0.1) is 0 Å². The van der Waals surface area contributed by atoms with E-state index in [9.17, 15) is 13.6 Å². The minimum Gasteiger partial charge on any atom is -0.481 e. The summed E-state index contributed by atoms with van der Waals surface area (Å²) < 4.78 is 25.5. The molecule has 0 amide bonds. The lowest BCUT2D eigenvalue weighted by atomic mass is 9.96. The van der Waals surface area contributed by atoms with Crippen molar-refractivity contribution in [2.75, 3.05) is 0 Å². The van der Waals surface area contributed by atoms with E-state index in [1.165, 1.54) is 0 Å². The normalized spacial score (nSPS) is 35.5. The molecule has 1 saturated carbocycles. The van der Waals surface area contributed by atoms with E-state index in [4.69, 9.17) is 5.11 Å². The molecule has 1 rings (SSSR count). The van der Waals surface area contributed by atoms with Crippen molar-refractivity contribution >= 4 is 5.97 Å². The third-order valence-corrected chi connectivity index (χ3v) is 2.22. The average molecular weight is 164 g/mol. The van der Waals surface area contributed by atoms with E-state index in [-0.39, 0.29) is 6.42 Å². The van der Waals surface area contributed by atoms with E-state index < -0.39 is 23.7 Å². The third-order valence-electron chi connectivity index (χ3n) is 2.22. The molecule has 0 bridgehead atoms. The first kappa shape index (κ1) is 8.43. The average Bonchev–Trinajstić information content (AvgIpc) is 2.06. The molecule has 0 aromatic carbocycles. The predicted octanol–water partition coefficient (Wildman–Crippen LogP) is 1.75. The molecule has 2 nitrogen and oxygen atoms in total. The van der Waals surface area contributed by atoms with Crippen LogP contribution >= 0.6 is 0 Å². The summed E-state index contributed by atoms with van der Waals surface area (Å²) in [5.41, 5.74) is 0. The van der Waals surface area contributed by atoms with Gasteiger partial charge >= 0.3 is 5.97 Å². The van der Waals surface area contributed by atoms with Crippen molar-refractivity contribution < 1.29 is 18.7 Å². The van der Waals surface area contributed by atoms with Crippen molar-refractivity contribution in [2.24, 2.45) is 11.8 Å². The standard InChI is InChI=1S/C7H10F2O2/c1-4-2-3-7(8,9)5(4)6(10)11/h4-5H,2-3H2,1H3,(H,10,11). The summed E-state index contributed by atoms with van der Waals surface area (Å²) in [6, 6.07) is 0. The number of rotatable bonds is 1. The zero-order chi connectivity index (χ0) is 8.65. The molecule has 0 heterocycles. The maximum atomic E-state index is 12.7. The Morgan fingerprint density at radius 1 is 1.64 bits per heavy atom. The van der Waals surface area contributed by atoms with Gasteiger partial charge in [-0.2, -0.15) is 0 Å². The largest absolute Gasteiger partial charge is 0.481 e. The topological polar surface area (TPSA) is 37.3 Å². The van der Waals surface area contributed by atoms with Crippen LogP contribution in [0.4, 0.5) is 8.78 Å². The molecule has 0 spiro atoms. The van der Waals surface area contributed by atoms with E-state index in [2.05, 4.69) is 0 Å². The van der Waals surface area contributed by atoms with Crippen molar-refractivity contribution in [3.63, 3.8) is 0 Å². The lowest BCUT2D eigenvalue weighted by Crippen LogP contribution is -2.32. The fourth-order valence-electron chi connectivity index (χ4n) is 1.58. The molecule has 0 saturated heterocycles. The molecule has 1 aliphatic rings. The van der Waals surface area contributed by atoms with Crippen LogP contribution in [0.3, 0.4) is 0 Å². The Morgan fingerprint density at radius 3 is 2.36 bits per heavy atom. The first-order valence-electron chi connectivity index (χ1n) is 3.56. The molecule has 1 aliphatic carbocycles. The van der Waals surface area contributed by atoms with Gasteiger partial charge in [0.1, 0.15) is 5.92 Å². The van der Waals surface area contributed by atoms with Crippen LogP contribution < -0.4 is 0 Å². The number of carbonyl (C=O) groups is 1. The molecular formula is C7H10F2O2. The molecule has 0 aromatic rings. The number of alkyl halides is 2. The van der Waals surface area contributed by atoms with Crippen LogP contribution in [0.25, 0.3) is 0 Å². The fraction of sp³-hybridized carbons (Fsp3) is 0.857. The van der Waals surface area contributed by atoms with Crippen LogP contribution in [0.1, 0.15) is 19.8 Å². The first-order chi connectivity index (χ1) is 4.95. The number of hydrogen-bond donors (Lipinski definition) is 1. The molecule has 4 heteroatoms. The maximum Gasteiger partial charge on any atom is 0.312 e. The Bertz CT molecular complexity index is 179. The van der Waals surface area contributed by atoms with Gasteiger partial charge in [0.15, 0.2) is 0 Å². The molecule has 11 heavy (non-hydrogen) atoms. The molecule has 64 valence electrons. The van der Waals surface area contributed by atoms with Crippen LogP contribution in [-0.2, 0) is 4.79 Å². The number of carboxylic acids is 1. The minimum absolute atomic E-state index is 0.287. The summed E-state index contributed by atoms with van der Waals surface area (Å²) in [5, 5.41) is 8.44. The van der Waals surface area contributed by atoms with Gasteiger partial charge < -0.3 is 5.11 Å². The highest BCUT2D eigenvalue weighted by molar-refractivity contribution is 5.72. The first-order valence-corrected chi connectivity index (χ1v) is 3.56. The highest BCUT2D eigenvalue weighted by Crippen LogP contribution is 2.44. The molecule has 0 aromatic heterocycles. The Kier molecular flexibility index (Phi) is 1.86. The van der Waals surface area contributed by atoms with Crippen LogP contribution in [-0.4, -0.2) is 17.0 Å². The monoisotopic (exact) mass is 164 g/mol. The van der Waals surface area contributed by atoms with Gasteiger partial charge in [-0.05, 0) is 12.3 Å². The van der Waals surface area contributed by atoms with Gasteiger partial charge in [0.25, 0.3) is 5.92 Å². The lowest BCUT2D eigenvalue weighted by Gasteiger charge is -2.16. The summed E-state index contributed by atoms with van der Waals surface area (Å²) in [6.07, 6.45) is 0.0229. The number of aliphatic carboxylic acids is 1. The molecule has 0 aliphatic heterocycles. The second-order valence-corrected chi connectivity index (χ2v) is 3.09. The van der Waals surface area contributed by atoms with Gasteiger partial charge in [-0.3, -0.25) is 4.79 Å². The Hall–Kier alpha value is -0.670. The fourth-order valence-corrected chi connectivity index (χ4v) is 1.58. The van der Waals surface area contributed by atoms with Crippen molar-refractivity contribution in [2.45, 2.75) is 25.7 Å². The SMILES string of the molecule is CC1CCC(F)(F)C1C(=O)O. The molecular weight excluding hydrogens is 154 g/mol. The Balaban J connectivity index is 2.80. The van der Waals surface area contributed by atoms with Gasteiger partial charge in [-0.25, -0.2) is 8.78 Å². The van der Waals surface area contributed by atoms with Crippen molar-refractivity contribution in [1.29, 1.82) is 0 Å². The number of hydrogen-bond acceptors (Lipinski definition) is 1. The lowest BCUT2D eigenvalue weighted by molar-refractivity contribution is -0.155. The van der Waals surface area contributed by atoms with Gasteiger partial charge in [0.2, 0.25) is 0 Å². The Labute approximate surface area is 63.2 Å². The van der Waals surface area contributed by atoms with Crippen molar-refractivity contribution in [3.8, 4) is 0 Å². The smallest absolute Gasteiger partial charge is 0.312 e. The van der Waals surface area contributed by atoms with Gasteiger partial charge in [-0.1, -0.05) is 6.92 Å². The molecule has 1 fully saturated rings. The van der Waals surface area contributed by atoms with E-state index >= 15 is 0 Å². The zero-order valence-corrected chi connectivity index (χ0v) is 6.18. The van der Waals surface area contributed by atoms with Crippen molar-refractivity contribution in [3.05, 3.63) is 0 Å². The van der Waals surface area contributed by atoms with E-state index in [1.54, 1.807) is 6.92 Å². The van der Waals surface area contributed by atoms with Crippen LogP contribution in [0.2, 0.25) is 0 Å². The third kappa shape index (κ3) is 1.34. The van der Waals surface area contributed by atoms with Gasteiger partial charge in [0.05, 0.1) is 0 Å². The second kappa shape index (κ2) is 2.43. The highest BCUT2D eigenvalue weighted by Gasteiger charge is 2.52. The summed E-state index contributed by atoms with van der Waals surface area (Å²) in [7, 11) is 0. The zero-order valence-electron chi connectivity index (χ0n) is 6.18. The van der Waals surface area contributed by atoms with Crippen LogP contribution in [0, 0.1) is 11.8 Å². The summed E-state index contributed by atoms with van der Waals surface area (Å²) >= 11 is 0. The quantitative estimate of drug-likeness (QED) is 0.641. The Morgan fingerprint density at radius 2 is 2.18 bits per heavy atom. The highest BCUT2D eigenvalue weighted by atomic mass is 19.3. The molecule has 2 atom stereocenters. The van der Waals surface area contributed by atoms with Gasteiger partial charge in [0, 0.05) is 6.42 Å². The summed E-state index contributed by atoms with van der Waals surface area (Å²) in [5.74, 6) is -6.24.